The van der Waals surface area contributed by atoms with E-state index in [0.29, 0.717) is 0 Å². The highest BCUT2D eigenvalue weighted by atomic mass is 19.3. The molecule has 0 fully saturated rings. The number of fused-ring (bicyclic) bond motifs is 1. The minimum Gasteiger partial charge on any atom is -0.372 e. The number of nitrogens with one attached hydrogen (secondary N) is 1. The zero-order valence-electron chi connectivity index (χ0n) is 8.21. The van der Waals surface area contributed by atoms with Gasteiger partial charge < -0.3 is 4.42 Å². The van der Waals surface area contributed by atoms with Crippen LogP contribution in [-0.2, 0) is 5.92 Å². The Bertz CT molecular complexity index is 651. The molecule has 0 atom stereocenters. The van der Waals surface area contributed by atoms with Crippen LogP contribution in [0, 0.1) is 0 Å². The van der Waals surface area contributed by atoms with E-state index in [1.165, 1.54) is 6.07 Å². The number of halogens is 2. The summed E-state index contributed by atoms with van der Waals surface area (Å²) in [6.07, 6.45) is 0. The molecule has 1 aromatic heterocycles. The summed E-state index contributed by atoms with van der Waals surface area (Å²) in [6, 6.07) is 3.41. The summed E-state index contributed by atoms with van der Waals surface area (Å²) in [5, 5.41) is -0.0707. The zero-order valence-corrected chi connectivity index (χ0v) is 8.21. The van der Waals surface area contributed by atoms with Crippen molar-refractivity contribution in [3.8, 4) is 0 Å². The van der Waals surface area contributed by atoms with E-state index in [0.717, 1.165) is 19.1 Å². The summed E-state index contributed by atoms with van der Waals surface area (Å²) in [7, 11) is 0. The fourth-order valence-electron chi connectivity index (χ4n) is 1.37. The maximum absolute atomic E-state index is 13.0. The lowest BCUT2D eigenvalue weighted by molar-refractivity contribution is 0.0176. The lowest BCUT2D eigenvalue weighted by atomic mass is 10.1. The van der Waals surface area contributed by atoms with E-state index < -0.39 is 17.3 Å². The maximum atomic E-state index is 13.0. The largest absolute Gasteiger partial charge is 0.419 e. The third-order valence-electron chi connectivity index (χ3n) is 2.17. The van der Waals surface area contributed by atoms with Crippen molar-refractivity contribution in [2.24, 2.45) is 0 Å². The number of aromatic nitrogens is 1. The molecule has 0 radical (unpaired) electrons. The molecule has 1 heterocycles. The standard InChI is InChI=1S/C10H7F2NO3/c1-10(11,12)5-2-3-7-6(4-5)8(14)16-9(15)13-7/h2-4H,1H3,(H,13,15). The molecule has 0 aliphatic carbocycles. The Morgan fingerprint density at radius 2 is 2.00 bits per heavy atom. The number of rotatable bonds is 1. The molecule has 0 amide bonds. The van der Waals surface area contributed by atoms with Gasteiger partial charge in [-0.15, -0.1) is 0 Å². The molecule has 0 saturated carbocycles. The van der Waals surface area contributed by atoms with Crippen molar-refractivity contribution in [3.63, 3.8) is 0 Å². The summed E-state index contributed by atoms with van der Waals surface area (Å²) in [6.45, 7) is 0.724. The Morgan fingerprint density at radius 3 is 2.62 bits per heavy atom. The Balaban J connectivity index is 2.82. The second kappa shape index (κ2) is 3.26. The Morgan fingerprint density at radius 1 is 1.31 bits per heavy atom. The Hall–Kier alpha value is -1.98. The first kappa shape index (κ1) is 10.5. The second-order valence-electron chi connectivity index (χ2n) is 3.45. The summed E-state index contributed by atoms with van der Waals surface area (Å²) in [5.41, 5.74) is -1.06. The van der Waals surface area contributed by atoms with Crippen LogP contribution >= 0.6 is 0 Å². The van der Waals surface area contributed by atoms with Gasteiger partial charge in [0.1, 0.15) is 0 Å². The number of aromatic amines is 1. The van der Waals surface area contributed by atoms with Gasteiger partial charge in [-0.1, -0.05) is 6.07 Å². The van der Waals surface area contributed by atoms with Crippen molar-refractivity contribution < 1.29 is 13.2 Å². The minimum atomic E-state index is -3.04. The van der Waals surface area contributed by atoms with Crippen molar-refractivity contribution >= 4 is 10.9 Å². The van der Waals surface area contributed by atoms with Crippen molar-refractivity contribution in [2.75, 3.05) is 0 Å². The average molecular weight is 227 g/mol. The molecule has 16 heavy (non-hydrogen) atoms. The molecular weight excluding hydrogens is 220 g/mol. The van der Waals surface area contributed by atoms with Crippen LogP contribution in [0.2, 0.25) is 0 Å². The van der Waals surface area contributed by atoms with Gasteiger partial charge in [-0.3, -0.25) is 4.98 Å². The number of hydrogen-bond acceptors (Lipinski definition) is 3. The highest BCUT2D eigenvalue weighted by Gasteiger charge is 2.24. The van der Waals surface area contributed by atoms with E-state index in [1.54, 1.807) is 0 Å². The van der Waals surface area contributed by atoms with Crippen LogP contribution in [-0.4, -0.2) is 4.98 Å². The summed E-state index contributed by atoms with van der Waals surface area (Å²) >= 11 is 0. The van der Waals surface area contributed by atoms with E-state index in [-0.39, 0.29) is 16.5 Å². The number of alkyl halides is 2. The SMILES string of the molecule is CC(F)(F)c1ccc2[nH]c(=O)oc(=O)c2c1. The van der Waals surface area contributed by atoms with Crippen LogP contribution in [0.4, 0.5) is 8.78 Å². The first-order valence-electron chi connectivity index (χ1n) is 4.43. The first-order chi connectivity index (χ1) is 7.38. The third kappa shape index (κ3) is 1.73. The number of benzene rings is 1. The molecule has 1 N–H and O–H groups in total. The maximum Gasteiger partial charge on any atom is 0.419 e. The summed E-state index contributed by atoms with van der Waals surface area (Å²) in [5.74, 6) is -3.95. The van der Waals surface area contributed by atoms with Crippen LogP contribution in [0.1, 0.15) is 12.5 Å². The third-order valence-corrected chi connectivity index (χ3v) is 2.17. The fraction of sp³-hybridized carbons (Fsp3) is 0.200. The lowest BCUT2D eigenvalue weighted by Gasteiger charge is -2.10. The van der Waals surface area contributed by atoms with Gasteiger partial charge in [0.25, 0.3) is 5.92 Å². The van der Waals surface area contributed by atoms with E-state index in [2.05, 4.69) is 9.40 Å². The van der Waals surface area contributed by atoms with Gasteiger partial charge in [-0.25, -0.2) is 18.4 Å². The summed E-state index contributed by atoms with van der Waals surface area (Å²) < 4.78 is 30.2. The predicted molar refractivity (Wildman–Crippen MR) is 52.7 cm³/mol. The van der Waals surface area contributed by atoms with Gasteiger partial charge in [0, 0.05) is 12.5 Å². The van der Waals surface area contributed by atoms with E-state index in [4.69, 9.17) is 0 Å². The second-order valence-corrected chi connectivity index (χ2v) is 3.45. The van der Waals surface area contributed by atoms with Crippen LogP contribution in [0.15, 0.2) is 32.2 Å². The molecule has 0 unspecified atom stereocenters. The molecule has 2 aromatic rings. The van der Waals surface area contributed by atoms with Crippen LogP contribution in [0.5, 0.6) is 0 Å². The first-order valence-corrected chi connectivity index (χ1v) is 4.43. The van der Waals surface area contributed by atoms with Crippen molar-refractivity contribution in [1.82, 2.24) is 4.98 Å². The van der Waals surface area contributed by atoms with Gasteiger partial charge in [0.05, 0.1) is 10.9 Å². The molecule has 0 aliphatic rings. The van der Waals surface area contributed by atoms with Gasteiger partial charge in [0.2, 0.25) is 0 Å². The lowest BCUT2D eigenvalue weighted by Crippen LogP contribution is -2.15. The molecule has 2 rings (SSSR count). The Kier molecular flexibility index (Phi) is 2.15. The molecule has 6 heteroatoms. The van der Waals surface area contributed by atoms with Gasteiger partial charge in [0.15, 0.2) is 0 Å². The van der Waals surface area contributed by atoms with E-state index in [9.17, 15) is 18.4 Å². The number of H-pyrrole nitrogens is 1. The molecule has 0 saturated heterocycles. The smallest absolute Gasteiger partial charge is 0.372 e. The molecule has 1 aromatic carbocycles. The fourth-order valence-corrected chi connectivity index (χ4v) is 1.37. The molecule has 84 valence electrons. The van der Waals surface area contributed by atoms with Crippen LogP contribution < -0.4 is 11.4 Å². The molecule has 4 nitrogen and oxygen atoms in total. The molecule has 0 spiro atoms. The molecular formula is C10H7F2NO3. The van der Waals surface area contributed by atoms with Gasteiger partial charge >= 0.3 is 11.4 Å². The van der Waals surface area contributed by atoms with Crippen molar-refractivity contribution in [2.45, 2.75) is 12.8 Å². The van der Waals surface area contributed by atoms with Crippen LogP contribution in [0.25, 0.3) is 10.9 Å². The average Bonchev–Trinajstić information content (AvgIpc) is 2.15. The highest BCUT2D eigenvalue weighted by Crippen LogP contribution is 2.27. The van der Waals surface area contributed by atoms with Gasteiger partial charge in [-0.05, 0) is 12.1 Å². The van der Waals surface area contributed by atoms with Crippen molar-refractivity contribution in [1.29, 1.82) is 0 Å². The monoisotopic (exact) mass is 227 g/mol. The van der Waals surface area contributed by atoms with Crippen molar-refractivity contribution in [3.05, 3.63) is 44.7 Å². The van der Waals surface area contributed by atoms with E-state index in [1.807, 2.05) is 0 Å². The quantitative estimate of drug-likeness (QED) is 0.804. The van der Waals surface area contributed by atoms with Gasteiger partial charge in [-0.2, -0.15) is 0 Å². The number of hydrogen-bond donors (Lipinski definition) is 1. The Labute approximate surface area is 87.5 Å². The van der Waals surface area contributed by atoms with E-state index >= 15 is 0 Å². The topological polar surface area (TPSA) is 63.1 Å². The highest BCUT2D eigenvalue weighted by molar-refractivity contribution is 5.77. The normalized spacial score (nSPS) is 11.9. The summed E-state index contributed by atoms with van der Waals surface area (Å²) in [4.78, 5) is 24.3. The minimum absolute atomic E-state index is 0.0707. The predicted octanol–water partition coefficient (Wildman–Crippen LogP) is 1.59. The molecule has 0 bridgehead atoms. The van der Waals surface area contributed by atoms with Crippen LogP contribution in [0.3, 0.4) is 0 Å². The molecule has 0 aliphatic heterocycles. The zero-order chi connectivity index (χ0) is 11.9.